The van der Waals surface area contributed by atoms with Crippen LogP contribution in [-0.2, 0) is 4.74 Å². The summed E-state index contributed by atoms with van der Waals surface area (Å²) in [7, 11) is 0. The standard InChI is InChI=1S/C5H10N2O/c1-2-3-8-5(7)4-6/h4,6-7H,2-3H2,1H3. The Morgan fingerprint density at radius 2 is 2.38 bits per heavy atom. The van der Waals surface area contributed by atoms with E-state index >= 15 is 0 Å². The first-order valence-electron chi connectivity index (χ1n) is 2.53. The smallest absolute Gasteiger partial charge is 0.223 e. The molecule has 3 nitrogen and oxygen atoms in total. The minimum atomic E-state index is -0.0631. The van der Waals surface area contributed by atoms with Crippen molar-refractivity contribution >= 4 is 12.1 Å². The zero-order valence-electron chi connectivity index (χ0n) is 4.90. The van der Waals surface area contributed by atoms with E-state index in [-0.39, 0.29) is 5.90 Å². The molecule has 3 heteroatoms. The van der Waals surface area contributed by atoms with Crippen LogP contribution < -0.4 is 0 Å². The van der Waals surface area contributed by atoms with Gasteiger partial charge in [0.15, 0.2) is 0 Å². The van der Waals surface area contributed by atoms with Gasteiger partial charge in [0.25, 0.3) is 0 Å². The van der Waals surface area contributed by atoms with Gasteiger partial charge in [0.2, 0.25) is 5.90 Å². The second kappa shape index (κ2) is 4.30. The first kappa shape index (κ1) is 7.14. The van der Waals surface area contributed by atoms with E-state index in [4.69, 9.17) is 10.8 Å². The molecule has 0 unspecified atom stereocenters. The molecule has 46 valence electrons. The van der Waals surface area contributed by atoms with Crippen molar-refractivity contribution in [1.29, 1.82) is 10.8 Å². The van der Waals surface area contributed by atoms with Gasteiger partial charge in [0.05, 0.1) is 12.8 Å². The topological polar surface area (TPSA) is 56.9 Å². The van der Waals surface area contributed by atoms with Crippen LogP contribution in [-0.4, -0.2) is 18.7 Å². The highest BCUT2D eigenvalue weighted by atomic mass is 16.5. The first-order chi connectivity index (χ1) is 3.81. The van der Waals surface area contributed by atoms with Crippen molar-refractivity contribution in [3.05, 3.63) is 0 Å². The lowest BCUT2D eigenvalue weighted by molar-refractivity contribution is 0.308. The van der Waals surface area contributed by atoms with Gasteiger partial charge in [-0.25, -0.2) is 0 Å². The van der Waals surface area contributed by atoms with E-state index in [2.05, 4.69) is 4.74 Å². The fourth-order valence-electron chi connectivity index (χ4n) is 0.254. The molecular weight excluding hydrogens is 104 g/mol. The van der Waals surface area contributed by atoms with Gasteiger partial charge in [-0.3, -0.25) is 5.41 Å². The van der Waals surface area contributed by atoms with Crippen molar-refractivity contribution in [2.45, 2.75) is 13.3 Å². The molecule has 0 aromatic carbocycles. The zero-order chi connectivity index (χ0) is 6.41. The largest absolute Gasteiger partial charge is 0.477 e. The lowest BCUT2D eigenvalue weighted by atomic mass is 10.5. The number of rotatable bonds is 3. The summed E-state index contributed by atoms with van der Waals surface area (Å²) >= 11 is 0. The molecule has 0 rings (SSSR count). The summed E-state index contributed by atoms with van der Waals surface area (Å²) in [5, 5.41) is 13.3. The molecule has 0 amide bonds. The van der Waals surface area contributed by atoms with E-state index in [1.807, 2.05) is 6.92 Å². The van der Waals surface area contributed by atoms with E-state index in [1.165, 1.54) is 0 Å². The molecule has 0 bridgehead atoms. The van der Waals surface area contributed by atoms with Crippen molar-refractivity contribution in [1.82, 2.24) is 0 Å². The highest BCUT2D eigenvalue weighted by Gasteiger charge is 1.85. The normalized spacial score (nSPS) is 8.12. The summed E-state index contributed by atoms with van der Waals surface area (Å²) in [5.41, 5.74) is 0. The van der Waals surface area contributed by atoms with Gasteiger partial charge >= 0.3 is 0 Å². The van der Waals surface area contributed by atoms with Gasteiger partial charge < -0.3 is 10.1 Å². The van der Waals surface area contributed by atoms with Gasteiger partial charge in [-0.15, -0.1) is 0 Å². The zero-order valence-corrected chi connectivity index (χ0v) is 4.90. The Kier molecular flexibility index (Phi) is 3.84. The van der Waals surface area contributed by atoms with Crippen molar-refractivity contribution in [2.75, 3.05) is 6.61 Å². The molecule has 0 saturated heterocycles. The average molecular weight is 114 g/mol. The summed E-state index contributed by atoms with van der Waals surface area (Å²) in [6, 6.07) is 0. The lowest BCUT2D eigenvalue weighted by Gasteiger charge is -1.97. The third-order valence-electron chi connectivity index (χ3n) is 0.593. The van der Waals surface area contributed by atoms with Crippen molar-refractivity contribution in [3.8, 4) is 0 Å². The van der Waals surface area contributed by atoms with Gasteiger partial charge in [0.1, 0.15) is 0 Å². The monoisotopic (exact) mass is 114 g/mol. The molecule has 0 atom stereocenters. The minimum Gasteiger partial charge on any atom is -0.477 e. The van der Waals surface area contributed by atoms with Crippen LogP contribution in [0.1, 0.15) is 13.3 Å². The highest BCUT2D eigenvalue weighted by Crippen LogP contribution is 1.78. The van der Waals surface area contributed by atoms with Crippen LogP contribution in [0.4, 0.5) is 0 Å². The van der Waals surface area contributed by atoms with E-state index in [9.17, 15) is 0 Å². The van der Waals surface area contributed by atoms with Crippen LogP contribution in [0.5, 0.6) is 0 Å². The summed E-state index contributed by atoms with van der Waals surface area (Å²) in [6.07, 6.45) is 1.77. The van der Waals surface area contributed by atoms with Crippen molar-refractivity contribution < 1.29 is 4.74 Å². The molecule has 0 heterocycles. The van der Waals surface area contributed by atoms with Crippen LogP contribution in [0.25, 0.3) is 0 Å². The summed E-state index contributed by atoms with van der Waals surface area (Å²) in [4.78, 5) is 0. The van der Waals surface area contributed by atoms with Gasteiger partial charge in [-0.2, -0.15) is 0 Å². The summed E-state index contributed by atoms with van der Waals surface area (Å²) < 4.78 is 4.68. The van der Waals surface area contributed by atoms with Crippen LogP contribution in [0.3, 0.4) is 0 Å². The average Bonchev–Trinajstić information content (AvgIpc) is 1.83. The molecule has 0 saturated carbocycles. The minimum absolute atomic E-state index is 0.0631. The van der Waals surface area contributed by atoms with E-state index in [1.54, 1.807) is 0 Å². The Hall–Kier alpha value is -0.860. The number of ether oxygens (including phenoxy) is 1. The Bertz CT molecular complexity index is 90.4. The van der Waals surface area contributed by atoms with E-state index in [0.29, 0.717) is 6.61 Å². The number of hydrogen-bond acceptors (Lipinski definition) is 3. The molecule has 0 aliphatic carbocycles. The van der Waals surface area contributed by atoms with Gasteiger partial charge in [-0.05, 0) is 6.42 Å². The molecular formula is C5H10N2O. The second-order valence-corrected chi connectivity index (χ2v) is 1.36. The van der Waals surface area contributed by atoms with Crippen molar-refractivity contribution in [2.24, 2.45) is 0 Å². The number of nitrogens with one attached hydrogen (secondary N) is 2. The summed E-state index contributed by atoms with van der Waals surface area (Å²) in [6.45, 7) is 2.49. The maximum Gasteiger partial charge on any atom is 0.223 e. The third kappa shape index (κ3) is 3.33. The van der Waals surface area contributed by atoms with Crippen molar-refractivity contribution in [3.63, 3.8) is 0 Å². The van der Waals surface area contributed by atoms with Crippen LogP contribution in [0.15, 0.2) is 0 Å². The molecule has 0 fully saturated rings. The highest BCUT2D eigenvalue weighted by molar-refractivity contribution is 6.23. The molecule has 0 radical (unpaired) electrons. The van der Waals surface area contributed by atoms with Crippen LogP contribution in [0.2, 0.25) is 0 Å². The second-order valence-electron chi connectivity index (χ2n) is 1.36. The predicted molar refractivity (Wildman–Crippen MR) is 32.8 cm³/mol. The summed E-state index contributed by atoms with van der Waals surface area (Å²) in [5.74, 6) is -0.0631. The molecule has 2 N–H and O–H groups in total. The molecule has 0 aliphatic rings. The predicted octanol–water partition coefficient (Wildman–Crippen LogP) is 1.04. The molecule has 0 spiro atoms. The van der Waals surface area contributed by atoms with Gasteiger partial charge in [-0.1, -0.05) is 6.92 Å². The molecule has 0 aromatic rings. The Morgan fingerprint density at radius 1 is 1.75 bits per heavy atom. The molecule has 0 aromatic heterocycles. The Labute approximate surface area is 48.7 Å². The fraction of sp³-hybridized carbons (Fsp3) is 0.600. The lowest BCUT2D eigenvalue weighted by Crippen LogP contribution is -2.03. The maximum atomic E-state index is 6.78. The SMILES string of the molecule is CCCOC(=N)C=N. The number of hydrogen-bond donors (Lipinski definition) is 2. The quantitative estimate of drug-likeness (QED) is 0.418. The Morgan fingerprint density at radius 3 is 2.75 bits per heavy atom. The van der Waals surface area contributed by atoms with Crippen LogP contribution in [0, 0.1) is 10.8 Å². The van der Waals surface area contributed by atoms with Crippen LogP contribution >= 0.6 is 0 Å². The van der Waals surface area contributed by atoms with E-state index in [0.717, 1.165) is 12.6 Å². The molecule has 8 heavy (non-hydrogen) atoms. The third-order valence-corrected chi connectivity index (χ3v) is 0.593. The first-order valence-corrected chi connectivity index (χ1v) is 2.53. The Balaban J connectivity index is 3.11. The van der Waals surface area contributed by atoms with E-state index < -0.39 is 0 Å². The fourth-order valence-corrected chi connectivity index (χ4v) is 0.254. The molecule has 0 aliphatic heterocycles. The van der Waals surface area contributed by atoms with Gasteiger partial charge in [0, 0.05) is 0 Å². The maximum absolute atomic E-state index is 6.78.